The fraction of sp³-hybridized carbons (Fsp3) is 0.400. The molecule has 4 heteroatoms. The van der Waals surface area contributed by atoms with Crippen molar-refractivity contribution in [1.29, 1.82) is 0 Å². The molecule has 0 saturated heterocycles. The van der Waals surface area contributed by atoms with Gasteiger partial charge in [-0.2, -0.15) is 0 Å². The van der Waals surface area contributed by atoms with Crippen LogP contribution in [0.15, 0.2) is 34.9 Å². The number of anilines is 1. The Bertz CT molecular complexity index is 587. The molecule has 100 valence electrons. The summed E-state index contributed by atoms with van der Waals surface area (Å²) in [4.78, 5) is 4.49. The third-order valence-corrected chi connectivity index (χ3v) is 4.52. The van der Waals surface area contributed by atoms with E-state index in [0.29, 0.717) is 12.1 Å². The Balaban J connectivity index is 1.95. The summed E-state index contributed by atoms with van der Waals surface area (Å²) in [6.07, 6.45) is 5.63. The topological polar surface area (TPSA) is 34.1 Å². The summed E-state index contributed by atoms with van der Waals surface area (Å²) in [5.74, 6) is 0.952. The highest BCUT2D eigenvalue weighted by molar-refractivity contribution is 9.10. The van der Waals surface area contributed by atoms with Crippen molar-refractivity contribution in [3.63, 3.8) is 0 Å². The molecule has 0 aliphatic heterocycles. The molecule has 1 N–H and O–H groups in total. The largest absolute Gasteiger partial charge is 0.379 e. The van der Waals surface area contributed by atoms with E-state index in [9.17, 15) is 0 Å². The van der Waals surface area contributed by atoms with Crippen molar-refractivity contribution < 1.29 is 4.74 Å². The zero-order valence-corrected chi connectivity index (χ0v) is 12.5. The maximum atomic E-state index is 5.53. The molecule has 1 aromatic heterocycles. The van der Waals surface area contributed by atoms with Gasteiger partial charge in [-0.15, -0.1) is 0 Å². The first-order chi connectivity index (χ1) is 9.29. The zero-order chi connectivity index (χ0) is 13.2. The van der Waals surface area contributed by atoms with Crippen LogP contribution in [0.4, 0.5) is 5.82 Å². The van der Waals surface area contributed by atoms with Gasteiger partial charge in [0.25, 0.3) is 0 Å². The van der Waals surface area contributed by atoms with Crippen LogP contribution in [0.25, 0.3) is 10.8 Å². The van der Waals surface area contributed by atoms with Crippen molar-refractivity contribution in [1.82, 2.24) is 4.98 Å². The Hall–Kier alpha value is -1.13. The molecular formula is C15H17BrN2O. The molecule has 0 bridgehead atoms. The van der Waals surface area contributed by atoms with Crippen molar-refractivity contribution in [2.45, 2.75) is 31.4 Å². The SMILES string of the molecule is COC1CCCC1Nc1nccc2c(Br)cccc12. The molecule has 0 amide bonds. The molecule has 2 atom stereocenters. The van der Waals surface area contributed by atoms with E-state index in [4.69, 9.17) is 4.74 Å². The number of aromatic nitrogens is 1. The molecule has 1 heterocycles. The smallest absolute Gasteiger partial charge is 0.134 e. The second-order valence-corrected chi connectivity index (χ2v) is 5.80. The van der Waals surface area contributed by atoms with E-state index in [1.165, 1.54) is 11.8 Å². The molecule has 2 aromatic rings. The maximum absolute atomic E-state index is 5.53. The van der Waals surface area contributed by atoms with Gasteiger partial charge >= 0.3 is 0 Å². The summed E-state index contributed by atoms with van der Waals surface area (Å²) in [6.45, 7) is 0. The van der Waals surface area contributed by atoms with E-state index >= 15 is 0 Å². The van der Waals surface area contributed by atoms with Gasteiger partial charge in [-0.3, -0.25) is 0 Å². The third kappa shape index (κ3) is 2.47. The van der Waals surface area contributed by atoms with Crippen LogP contribution in [0, 0.1) is 0 Å². The zero-order valence-electron chi connectivity index (χ0n) is 10.9. The number of hydrogen-bond acceptors (Lipinski definition) is 3. The van der Waals surface area contributed by atoms with Gasteiger partial charge in [0.15, 0.2) is 0 Å². The molecule has 0 radical (unpaired) electrons. The van der Waals surface area contributed by atoms with Crippen molar-refractivity contribution in [2.24, 2.45) is 0 Å². The highest BCUT2D eigenvalue weighted by atomic mass is 79.9. The van der Waals surface area contributed by atoms with E-state index in [1.807, 2.05) is 18.3 Å². The Morgan fingerprint density at radius 1 is 1.26 bits per heavy atom. The Morgan fingerprint density at radius 2 is 2.16 bits per heavy atom. The van der Waals surface area contributed by atoms with Crippen LogP contribution < -0.4 is 5.32 Å². The summed E-state index contributed by atoms with van der Waals surface area (Å²) >= 11 is 3.59. The predicted molar refractivity (Wildman–Crippen MR) is 81.5 cm³/mol. The van der Waals surface area contributed by atoms with Gasteiger partial charge in [-0.05, 0) is 31.4 Å². The number of ether oxygens (including phenoxy) is 1. The fourth-order valence-electron chi connectivity index (χ4n) is 2.83. The lowest BCUT2D eigenvalue weighted by molar-refractivity contribution is 0.101. The lowest BCUT2D eigenvalue weighted by Gasteiger charge is -2.21. The number of methoxy groups -OCH3 is 1. The highest BCUT2D eigenvalue weighted by Gasteiger charge is 2.27. The van der Waals surface area contributed by atoms with Crippen molar-refractivity contribution in [2.75, 3.05) is 12.4 Å². The Kier molecular flexibility index (Phi) is 3.71. The molecule has 0 spiro atoms. The van der Waals surface area contributed by atoms with Gasteiger partial charge < -0.3 is 10.1 Å². The van der Waals surface area contributed by atoms with Crippen LogP contribution >= 0.6 is 15.9 Å². The number of halogens is 1. The molecule has 1 aromatic carbocycles. The predicted octanol–water partition coefficient (Wildman–Crippen LogP) is 3.98. The number of fused-ring (bicyclic) bond motifs is 1. The normalized spacial score (nSPS) is 22.8. The lowest BCUT2D eigenvalue weighted by atomic mass is 10.1. The minimum atomic E-state index is 0.296. The van der Waals surface area contributed by atoms with Crippen LogP contribution in [0.3, 0.4) is 0 Å². The monoisotopic (exact) mass is 320 g/mol. The number of rotatable bonds is 3. The Morgan fingerprint density at radius 3 is 3.00 bits per heavy atom. The standard InChI is InChI=1S/C15H17BrN2O/c1-19-14-7-3-6-13(14)18-15-11-4-2-5-12(16)10(11)8-9-17-15/h2,4-5,8-9,13-14H,3,6-7H2,1H3,(H,17,18). The lowest BCUT2D eigenvalue weighted by Crippen LogP contribution is -2.30. The van der Waals surface area contributed by atoms with Crippen molar-refractivity contribution >= 4 is 32.5 Å². The fourth-order valence-corrected chi connectivity index (χ4v) is 3.33. The van der Waals surface area contributed by atoms with E-state index in [-0.39, 0.29) is 0 Å². The second-order valence-electron chi connectivity index (χ2n) is 4.95. The van der Waals surface area contributed by atoms with Crippen molar-refractivity contribution in [3.05, 3.63) is 34.9 Å². The summed E-state index contributed by atoms with van der Waals surface area (Å²) in [6, 6.07) is 8.60. The molecule has 19 heavy (non-hydrogen) atoms. The molecular weight excluding hydrogens is 304 g/mol. The molecule has 1 aliphatic rings. The number of benzene rings is 1. The second kappa shape index (κ2) is 5.47. The number of pyridine rings is 1. The molecule has 1 fully saturated rings. The van der Waals surface area contributed by atoms with Gasteiger partial charge in [-0.1, -0.05) is 28.1 Å². The maximum Gasteiger partial charge on any atom is 0.134 e. The van der Waals surface area contributed by atoms with Gasteiger partial charge in [0.1, 0.15) is 5.82 Å². The van der Waals surface area contributed by atoms with E-state index in [1.54, 1.807) is 7.11 Å². The average Bonchev–Trinajstić information content (AvgIpc) is 2.87. The number of hydrogen-bond donors (Lipinski definition) is 1. The van der Waals surface area contributed by atoms with E-state index < -0.39 is 0 Å². The summed E-state index contributed by atoms with van der Waals surface area (Å²) < 4.78 is 6.63. The van der Waals surface area contributed by atoms with Gasteiger partial charge in [-0.25, -0.2) is 4.98 Å². The Labute approximate surface area is 121 Å². The first-order valence-corrected chi connectivity index (χ1v) is 7.41. The summed E-state index contributed by atoms with van der Waals surface area (Å²) in [7, 11) is 1.79. The van der Waals surface area contributed by atoms with Crippen LogP contribution in [-0.4, -0.2) is 24.2 Å². The highest BCUT2D eigenvalue weighted by Crippen LogP contribution is 2.30. The number of nitrogens with zero attached hydrogens (tertiary/aromatic N) is 1. The van der Waals surface area contributed by atoms with E-state index in [2.05, 4.69) is 38.4 Å². The first-order valence-electron chi connectivity index (χ1n) is 6.62. The molecule has 1 aliphatic carbocycles. The van der Waals surface area contributed by atoms with Crippen LogP contribution in [-0.2, 0) is 4.74 Å². The van der Waals surface area contributed by atoms with Gasteiger partial charge in [0.05, 0.1) is 12.1 Å². The van der Waals surface area contributed by atoms with Crippen LogP contribution in [0.5, 0.6) is 0 Å². The van der Waals surface area contributed by atoms with Crippen LogP contribution in [0.1, 0.15) is 19.3 Å². The van der Waals surface area contributed by atoms with Crippen molar-refractivity contribution in [3.8, 4) is 0 Å². The van der Waals surface area contributed by atoms with E-state index in [0.717, 1.165) is 28.5 Å². The summed E-state index contributed by atoms with van der Waals surface area (Å²) in [5, 5.41) is 5.89. The minimum absolute atomic E-state index is 0.296. The molecule has 2 unspecified atom stereocenters. The van der Waals surface area contributed by atoms with Crippen LogP contribution in [0.2, 0.25) is 0 Å². The summed E-state index contributed by atoms with van der Waals surface area (Å²) in [5.41, 5.74) is 0. The average molecular weight is 321 g/mol. The quantitative estimate of drug-likeness (QED) is 0.928. The first kappa shape index (κ1) is 12.9. The molecule has 3 nitrogen and oxygen atoms in total. The molecule has 1 saturated carbocycles. The van der Waals surface area contributed by atoms with Gasteiger partial charge in [0, 0.05) is 28.6 Å². The third-order valence-electron chi connectivity index (χ3n) is 3.83. The minimum Gasteiger partial charge on any atom is -0.379 e. The molecule has 3 rings (SSSR count). The number of nitrogens with one attached hydrogen (secondary N) is 1. The van der Waals surface area contributed by atoms with Gasteiger partial charge in [0.2, 0.25) is 0 Å².